The number of thioether (sulfide) groups is 1. The van der Waals surface area contributed by atoms with Crippen molar-refractivity contribution in [3.63, 3.8) is 0 Å². The Balaban J connectivity index is 1.31. The van der Waals surface area contributed by atoms with Gasteiger partial charge in [-0.1, -0.05) is 66.4 Å². The number of aromatic nitrogens is 1. The second-order valence-corrected chi connectivity index (χ2v) is 7.99. The van der Waals surface area contributed by atoms with Gasteiger partial charge in [0.05, 0.1) is 22.4 Å². The van der Waals surface area contributed by atoms with Crippen molar-refractivity contribution in [1.29, 1.82) is 5.26 Å². The fourth-order valence-corrected chi connectivity index (χ4v) is 4.37. The van der Waals surface area contributed by atoms with Crippen molar-refractivity contribution in [3.8, 4) is 6.07 Å². The molecular formula is C23H22N4OS. The molecule has 1 atom stereocenters. The van der Waals surface area contributed by atoms with Gasteiger partial charge >= 0.3 is 0 Å². The summed E-state index contributed by atoms with van der Waals surface area (Å²) >= 11 is 1.48. The number of benzene rings is 2. The number of fused-ring (bicyclic) bond motifs is 1. The number of rotatable bonds is 5. The molecule has 2 aromatic carbocycles. The highest BCUT2D eigenvalue weighted by atomic mass is 32.2. The largest absolute Gasteiger partial charge is 0.339 e. The molecule has 1 aliphatic heterocycles. The number of hydrogen-bond acceptors (Lipinski definition) is 5. The Bertz CT molecular complexity index is 1030. The number of nitriles is 1. The zero-order valence-corrected chi connectivity index (χ0v) is 16.9. The molecule has 5 nitrogen and oxygen atoms in total. The van der Waals surface area contributed by atoms with Gasteiger partial charge in [0, 0.05) is 31.6 Å². The van der Waals surface area contributed by atoms with E-state index in [-0.39, 0.29) is 11.9 Å². The number of para-hydroxylation sites is 1. The van der Waals surface area contributed by atoms with Gasteiger partial charge in [-0.2, -0.15) is 5.26 Å². The number of amides is 1. The van der Waals surface area contributed by atoms with Crippen molar-refractivity contribution in [2.24, 2.45) is 0 Å². The lowest BCUT2D eigenvalue weighted by Gasteiger charge is -2.37. The zero-order chi connectivity index (χ0) is 20.1. The topological polar surface area (TPSA) is 60.2 Å². The van der Waals surface area contributed by atoms with Gasteiger partial charge in [-0.15, -0.1) is 0 Å². The molecular weight excluding hydrogens is 380 g/mol. The van der Waals surface area contributed by atoms with Crippen LogP contribution in [0.5, 0.6) is 0 Å². The second-order valence-electron chi connectivity index (χ2n) is 6.99. The molecule has 3 aromatic rings. The predicted octanol–water partition coefficient (Wildman–Crippen LogP) is 3.74. The van der Waals surface area contributed by atoms with E-state index in [1.165, 1.54) is 11.8 Å². The van der Waals surface area contributed by atoms with Crippen LogP contribution in [-0.4, -0.2) is 52.6 Å². The van der Waals surface area contributed by atoms with Gasteiger partial charge in [0.15, 0.2) is 0 Å². The molecule has 1 aromatic heterocycles. The number of pyridine rings is 1. The van der Waals surface area contributed by atoms with Crippen molar-refractivity contribution >= 4 is 28.6 Å². The van der Waals surface area contributed by atoms with Crippen LogP contribution in [-0.2, 0) is 4.79 Å². The van der Waals surface area contributed by atoms with Crippen LogP contribution in [0.15, 0.2) is 71.8 Å². The molecule has 6 heteroatoms. The molecule has 1 saturated heterocycles. The Morgan fingerprint density at radius 2 is 1.72 bits per heavy atom. The summed E-state index contributed by atoms with van der Waals surface area (Å²) in [6.45, 7) is 2.71. The van der Waals surface area contributed by atoms with Gasteiger partial charge in [0.1, 0.15) is 6.04 Å². The standard InChI is InChI=1S/C23H22N4OS/c24-16-21(19-7-2-1-3-8-19)26-12-14-27(15-13-26)23(28)17-29-22-11-10-18-6-4-5-9-20(18)25-22/h1-11,21H,12-15,17H2. The Hall–Kier alpha value is -2.88. The first-order chi connectivity index (χ1) is 14.2. The maximum Gasteiger partial charge on any atom is 0.233 e. The summed E-state index contributed by atoms with van der Waals surface area (Å²) in [5, 5.41) is 11.6. The summed E-state index contributed by atoms with van der Waals surface area (Å²) in [6.07, 6.45) is 0. The molecule has 0 bridgehead atoms. The third-order valence-corrected chi connectivity index (χ3v) is 6.10. The van der Waals surface area contributed by atoms with E-state index < -0.39 is 0 Å². The van der Waals surface area contributed by atoms with E-state index in [1.807, 2.05) is 71.6 Å². The molecule has 0 saturated carbocycles. The van der Waals surface area contributed by atoms with Gasteiger partial charge in [0.25, 0.3) is 0 Å². The number of piperazine rings is 1. The number of carbonyl (C=O) groups is 1. The monoisotopic (exact) mass is 402 g/mol. The van der Waals surface area contributed by atoms with Gasteiger partial charge in [-0.05, 0) is 17.7 Å². The third-order valence-electron chi connectivity index (χ3n) is 5.19. The maximum absolute atomic E-state index is 12.6. The van der Waals surface area contributed by atoms with Gasteiger partial charge in [-0.25, -0.2) is 4.98 Å². The highest BCUT2D eigenvalue weighted by Gasteiger charge is 2.26. The highest BCUT2D eigenvalue weighted by Crippen LogP contribution is 2.23. The lowest BCUT2D eigenvalue weighted by atomic mass is 10.1. The van der Waals surface area contributed by atoms with Crippen LogP contribution in [0.3, 0.4) is 0 Å². The van der Waals surface area contributed by atoms with Crippen molar-refractivity contribution in [1.82, 2.24) is 14.8 Å². The van der Waals surface area contributed by atoms with Crippen LogP contribution in [0.25, 0.3) is 10.9 Å². The summed E-state index contributed by atoms with van der Waals surface area (Å²) in [5.41, 5.74) is 1.95. The first-order valence-corrected chi connectivity index (χ1v) is 10.7. The first-order valence-electron chi connectivity index (χ1n) is 9.69. The van der Waals surface area contributed by atoms with E-state index in [2.05, 4.69) is 16.0 Å². The molecule has 29 heavy (non-hydrogen) atoms. The summed E-state index contributed by atoms with van der Waals surface area (Å²) in [4.78, 5) is 21.3. The Morgan fingerprint density at radius 1 is 1.00 bits per heavy atom. The van der Waals surface area contributed by atoms with E-state index in [0.717, 1.165) is 21.5 Å². The van der Waals surface area contributed by atoms with E-state index in [9.17, 15) is 10.1 Å². The van der Waals surface area contributed by atoms with Crippen LogP contribution < -0.4 is 0 Å². The summed E-state index contributed by atoms with van der Waals surface area (Å²) in [5.74, 6) is 0.504. The van der Waals surface area contributed by atoms with Crippen LogP contribution in [0.4, 0.5) is 0 Å². The quantitative estimate of drug-likeness (QED) is 0.609. The fraction of sp³-hybridized carbons (Fsp3) is 0.261. The van der Waals surface area contributed by atoms with Gasteiger partial charge < -0.3 is 4.90 Å². The van der Waals surface area contributed by atoms with Crippen molar-refractivity contribution in [2.75, 3.05) is 31.9 Å². The van der Waals surface area contributed by atoms with E-state index >= 15 is 0 Å². The minimum Gasteiger partial charge on any atom is -0.339 e. The average molecular weight is 403 g/mol. The van der Waals surface area contributed by atoms with E-state index in [0.29, 0.717) is 31.9 Å². The molecule has 4 rings (SSSR count). The predicted molar refractivity (Wildman–Crippen MR) is 115 cm³/mol. The molecule has 0 aliphatic carbocycles. The fourth-order valence-electron chi connectivity index (χ4n) is 3.59. The molecule has 1 fully saturated rings. The molecule has 1 unspecified atom stereocenters. The lowest BCUT2D eigenvalue weighted by Crippen LogP contribution is -2.50. The first kappa shape index (κ1) is 19.4. The zero-order valence-electron chi connectivity index (χ0n) is 16.1. The summed E-state index contributed by atoms with van der Waals surface area (Å²) < 4.78 is 0. The summed E-state index contributed by atoms with van der Waals surface area (Å²) in [7, 11) is 0. The summed E-state index contributed by atoms with van der Waals surface area (Å²) in [6, 6.07) is 24.0. The van der Waals surface area contributed by atoms with Crippen LogP contribution in [0, 0.1) is 11.3 Å². The third kappa shape index (κ3) is 4.58. The molecule has 2 heterocycles. The smallest absolute Gasteiger partial charge is 0.233 e. The van der Waals surface area contributed by atoms with Crippen molar-refractivity contribution < 1.29 is 4.79 Å². The van der Waals surface area contributed by atoms with Crippen molar-refractivity contribution in [2.45, 2.75) is 11.1 Å². The molecule has 0 N–H and O–H groups in total. The van der Waals surface area contributed by atoms with Crippen LogP contribution >= 0.6 is 11.8 Å². The molecule has 146 valence electrons. The lowest BCUT2D eigenvalue weighted by molar-refractivity contribution is -0.130. The van der Waals surface area contributed by atoms with Gasteiger partial charge in [-0.3, -0.25) is 9.69 Å². The average Bonchev–Trinajstić information content (AvgIpc) is 2.79. The Labute approximate surface area is 175 Å². The van der Waals surface area contributed by atoms with E-state index in [4.69, 9.17) is 0 Å². The highest BCUT2D eigenvalue weighted by molar-refractivity contribution is 7.99. The number of nitrogens with zero attached hydrogens (tertiary/aromatic N) is 4. The minimum atomic E-state index is -0.260. The number of carbonyl (C=O) groups excluding carboxylic acids is 1. The number of hydrogen-bond donors (Lipinski definition) is 0. The van der Waals surface area contributed by atoms with Crippen LogP contribution in [0.2, 0.25) is 0 Å². The van der Waals surface area contributed by atoms with E-state index in [1.54, 1.807) is 0 Å². The molecule has 1 amide bonds. The van der Waals surface area contributed by atoms with Crippen molar-refractivity contribution in [3.05, 3.63) is 72.3 Å². The Kier molecular flexibility index (Phi) is 6.09. The SMILES string of the molecule is N#CC(c1ccccc1)N1CCN(C(=O)CSc2ccc3ccccc3n2)CC1. The molecule has 0 radical (unpaired) electrons. The minimum absolute atomic E-state index is 0.123. The molecule has 0 spiro atoms. The van der Waals surface area contributed by atoms with Crippen LogP contribution in [0.1, 0.15) is 11.6 Å². The van der Waals surface area contributed by atoms with Gasteiger partial charge in [0.2, 0.25) is 5.91 Å². The maximum atomic E-state index is 12.6. The Morgan fingerprint density at radius 3 is 2.48 bits per heavy atom. The second kappa shape index (κ2) is 9.08. The normalized spacial score (nSPS) is 15.8. The molecule has 1 aliphatic rings.